The number of alkyl halides is 4. The van der Waals surface area contributed by atoms with Gasteiger partial charge in [-0.15, -0.1) is 0 Å². The molecule has 0 heterocycles. The third-order valence-electron chi connectivity index (χ3n) is 1.95. The summed E-state index contributed by atoms with van der Waals surface area (Å²) in [6.07, 6.45) is -3.90. The molecule has 0 amide bonds. The molecule has 0 radical (unpaired) electrons. The van der Waals surface area contributed by atoms with E-state index in [9.17, 15) is 22.8 Å². The number of halogens is 4. The van der Waals surface area contributed by atoms with Gasteiger partial charge in [-0.2, -0.15) is 13.2 Å². The van der Waals surface area contributed by atoms with Crippen molar-refractivity contribution in [3.63, 3.8) is 0 Å². The second kappa shape index (κ2) is 6.88. The van der Waals surface area contributed by atoms with Gasteiger partial charge in [0.05, 0.1) is 0 Å². The molecule has 1 unspecified atom stereocenters. The average Bonchev–Trinajstić information content (AvgIpc) is 2.14. The third kappa shape index (κ3) is 6.81. The summed E-state index contributed by atoms with van der Waals surface area (Å²) in [4.78, 5) is 20.1. The standard InChI is InChI=1S/C9H12BrF3O3/c10-6(8(15)16)4-2-1-3-5-7(14)9(11,12)13/h6H,1-5H2,(H,15,16). The van der Waals surface area contributed by atoms with E-state index >= 15 is 0 Å². The number of carboxylic acids is 1. The monoisotopic (exact) mass is 304 g/mol. The van der Waals surface area contributed by atoms with Crippen LogP contribution in [0.4, 0.5) is 13.2 Å². The van der Waals surface area contributed by atoms with Gasteiger partial charge in [0.2, 0.25) is 5.78 Å². The van der Waals surface area contributed by atoms with E-state index < -0.39 is 29.2 Å². The van der Waals surface area contributed by atoms with E-state index in [0.29, 0.717) is 19.3 Å². The number of carboxylic acid groups (broad SMARTS) is 1. The molecule has 0 aromatic heterocycles. The van der Waals surface area contributed by atoms with Crippen LogP contribution in [-0.4, -0.2) is 27.9 Å². The van der Waals surface area contributed by atoms with E-state index in [1.807, 2.05) is 0 Å². The highest BCUT2D eigenvalue weighted by atomic mass is 79.9. The number of rotatable bonds is 7. The molecule has 0 aromatic carbocycles. The van der Waals surface area contributed by atoms with Crippen molar-refractivity contribution >= 4 is 27.7 Å². The Labute approximate surface area is 99.1 Å². The van der Waals surface area contributed by atoms with Crippen LogP contribution in [-0.2, 0) is 9.59 Å². The summed E-state index contributed by atoms with van der Waals surface area (Å²) in [7, 11) is 0. The Hall–Kier alpha value is -0.590. The average molecular weight is 305 g/mol. The van der Waals surface area contributed by atoms with Gasteiger partial charge < -0.3 is 5.11 Å². The number of ketones is 1. The molecule has 0 aliphatic rings. The number of unbranched alkanes of at least 4 members (excludes halogenated alkanes) is 2. The summed E-state index contributed by atoms with van der Waals surface area (Å²) >= 11 is 2.91. The Morgan fingerprint density at radius 2 is 1.75 bits per heavy atom. The van der Waals surface area contributed by atoms with Crippen molar-refractivity contribution < 1.29 is 27.9 Å². The van der Waals surface area contributed by atoms with Crippen molar-refractivity contribution in [3.05, 3.63) is 0 Å². The van der Waals surface area contributed by atoms with Crippen LogP contribution in [0.2, 0.25) is 0 Å². The van der Waals surface area contributed by atoms with E-state index in [0.717, 1.165) is 0 Å². The Bertz CT molecular complexity index is 253. The van der Waals surface area contributed by atoms with Crippen LogP contribution in [0.25, 0.3) is 0 Å². The number of hydrogen-bond acceptors (Lipinski definition) is 2. The van der Waals surface area contributed by atoms with Gasteiger partial charge in [0, 0.05) is 6.42 Å². The zero-order chi connectivity index (χ0) is 12.8. The van der Waals surface area contributed by atoms with E-state index in [1.54, 1.807) is 0 Å². The molecule has 7 heteroatoms. The molecule has 0 saturated carbocycles. The van der Waals surface area contributed by atoms with Gasteiger partial charge in [-0.3, -0.25) is 9.59 Å². The van der Waals surface area contributed by atoms with E-state index in [2.05, 4.69) is 15.9 Å². The first-order valence-electron chi connectivity index (χ1n) is 4.72. The van der Waals surface area contributed by atoms with Crippen LogP contribution >= 0.6 is 15.9 Å². The molecule has 94 valence electrons. The quantitative estimate of drug-likeness (QED) is 0.581. The lowest BCUT2D eigenvalue weighted by atomic mass is 10.1. The van der Waals surface area contributed by atoms with Gasteiger partial charge in [0.1, 0.15) is 4.83 Å². The summed E-state index contributed by atoms with van der Waals surface area (Å²) in [6, 6.07) is 0. The van der Waals surface area contributed by atoms with Crippen molar-refractivity contribution in [1.82, 2.24) is 0 Å². The predicted octanol–water partition coefficient (Wildman–Crippen LogP) is 2.92. The third-order valence-corrected chi connectivity index (χ3v) is 2.80. The molecule has 1 atom stereocenters. The molecule has 0 aromatic rings. The van der Waals surface area contributed by atoms with Gasteiger partial charge >= 0.3 is 12.1 Å². The minimum atomic E-state index is -4.75. The highest BCUT2D eigenvalue weighted by Gasteiger charge is 2.36. The molecule has 0 rings (SSSR count). The molecule has 16 heavy (non-hydrogen) atoms. The van der Waals surface area contributed by atoms with Gasteiger partial charge in [-0.1, -0.05) is 28.8 Å². The Morgan fingerprint density at radius 1 is 1.19 bits per heavy atom. The zero-order valence-electron chi connectivity index (χ0n) is 8.39. The molecular formula is C9H12BrF3O3. The fraction of sp³-hybridized carbons (Fsp3) is 0.778. The van der Waals surface area contributed by atoms with Gasteiger partial charge in [-0.05, 0) is 12.8 Å². The molecule has 0 aliphatic carbocycles. The van der Waals surface area contributed by atoms with E-state index in [-0.39, 0.29) is 6.42 Å². The van der Waals surface area contributed by atoms with E-state index in [4.69, 9.17) is 5.11 Å². The molecule has 0 aliphatic heterocycles. The lowest BCUT2D eigenvalue weighted by Crippen LogP contribution is -2.22. The van der Waals surface area contributed by atoms with Crippen LogP contribution in [0.15, 0.2) is 0 Å². The van der Waals surface area contributed by atoms with Crippen molar-refractivity contribution in [2.24, 2.45) is 0 Å². The molecular weight excluding hydrogens is 293 g/mol. The number of carbonyl (C=O) groups is 2. The summed E-state index contributed by atoms with van der Waals surface area (Å²) in [6.45, 7) is 0. The highest BCUT2D eigenvalue weighted by molar-refractivity contribution is 9.10. The minimum absolute atomic E-state index is 0.137. The van der Waals surface area contributed by atoms with Crippen molar-refractivity contribution in [3.8, 4) is 0 Å². The largest absolute Gasteiger partial charge is 0.480 e. The maximum atomic E-state index is 11.8. The number of Topliss-reactive ketones (excluding diaryl/α,β-unsaturated/α-hetero) is 1. The van der Waals surface area contributed by atoms with E-state index in [1.165, 1.54) is 0 Å². The zero-order valence-corrected chi connectivity index (χ0v) is 9.97. The fourth-order valence-electron chi connectivity index (χ4n) is 1.05. The molecule has 3 nitrogen and oxygen atoms in total. The lowest BCUT2D eigenvalue weighted by Gasteiger charge is -2.05. The summed E-state index contributed by atoms with van der Waals surface area (Å²) < 4.78 is 35.3. The first kappa shape index (κ1) is 15.4. The van der Waals surface area contributed by atoms with Crippen molar-refractivity contribution in [2.75, 3.05) is 0 Å². The van der Waals surface area contributed by atoms with Gasteiger partial charge in [0.25, 0.3) is 0 Å². The lowest BCUT2D eigenvalue weighted by molar-refractivity contribution is -0.171. The second-order valence-electron chi connectivity index (χ2n) is 3.33. The van der Waals surface area contributed by atoms with Crippen molar-refractivity contribution in [2.45, 2.75) is 43.1 Å². The van der Waals surface area contributed by atoms with Crippen LogP contribution in [0.1, 0.15) is 32.1 Å². The van der Waals surface area contributed by atoms with Crippen molar-refractivity contribution in [1.29, 1.82) is 0 Å². The first-order valence-corrected chi connectivity index (χ1v) is 5.63. The second-order valence-corrected chi connectivity index (χ2v) is 4.43. The normalized spacial score (nSPS) is 13.5. The Kier molecular flexibility index (Phi) is 6.62. The smallest absolute Gasteiger partial charge is 0.449 e. The minimum Gasteiger partial charge on any atom is -0.480 e. The molecule has 0 bridgehead atoms. The first-order chi connectivity index (χ1) is 7.25. The highest BCUT2D eigenvalue weighted by Crippen LogP contribution is 2.20. The van der Waals surface area contributed by atoms with Crippen LogP contribution in [0, 0.1) is 0 Å². The maximum Gasteiger partial charge on any atom is 0.449 e. The topological polar surface area (TPSA) is 54.4 Å². The SMILES string of the molecule is O=C(O)C(Br)CCCCCC(=O)C(F)(F)F. The summed E-state index contributed by atoms with van der Waals surface area (Å²) in [5.74, 6) is -2.72. The Morgan fingerprint density at radius 3 is 2.19 bits per heavy atom. The fourth-order valence-corrected chi connectivity index (χ4v) is 1.37. The molecule has 0 spiro atoms. The number of carbonyl (C=O) groups excluding carboxylic acids is 1. The summed E-state index contributed by atoms with van der Waals surface area (Å²) in [5.41, 5.74) is 0. The maximum absolute atomic E-state index is 11.8. The predicted molar refractivity (Wildman–Crippen MR) is 54.5 cm³/mol. The molecule has 0 saturated heterocycles. The number of aliphatic carboxylic acids is 1. The summed E-state index contributed by atoms with van der Waals surface area (Å²) in [5, 5.41) is 8.48. The van der Waals surface area contributed by atoms with Crippen LogP contribution in [0.3, 0.4) is 0 Å². The molecule has 0 fully saturated rings. The number of hydrogen-bond donors (Lipinski definition) is 1. The molecule has 1 N–H and O–H groups in total. The van der Waals surface area contributed by atoms with Gasteiger partial charge in [0.15, 0.2) is 0 Å². The van der Waals surface area contributed by atoms with Crippen LogP contribution in [0.5, 0.6) is 0 Å². The van der Waals surface area contributed by atoms with Gasteiger partial charge in [-0.25, -0.2) is 0 Å². The Balaban J connectivity index is 3.55. The van der Waals surface area contributed by atoms with Crippen LogP contribution < -0.4 is 0 Å².